The van der Waals surface area contributed by atoms with Crippen LogP contribution in [0, 0.1) is 13.8 Å². The average molecular weight is 289 g/mol. The first kappa shape index (κ1) is 12.6. The van der Waals surface area contributed by atoms with E-state index in [9.17, 15) is 0 Å². The predicted molar refractivity (Wildman–Crippen MR) is 81.1 cm³/mol. The van der Waals surface area contributed by atoms with Crippen molar-refractivity contribution >= 4 is 33.2 Å². The predicted octanol–water partition coefficient (Wildman–Crippen LogP) is 4.55. The van der Waals surface area contributed by atoms with Gasteiger partial charge >= 0.3 is 0 Å². The molecule has 0 atom stereocenters. The number of nitrogens with zero attached hydrogens (tertiary/aromatic N) is 2. The summed E-state index contributed by atoms with van der Waals surface area (Å²) < 4.78 is 0. The maximum absolute atomic E-state index is 6.24. The Morgan fingerprint density at radius 2 is 1.95 bits per heavy atom. The first-order valence-corrected chi connectivity index (χ1v) is 7.30. The smallest absolute Gasteiger partial charge is 0.141 e. The number of halogens is 1. The van der Waals surface area contributed by atoms with Gasteiger partial charge in [-0.25, -0.2) is 9.97 Å². The number of benzene rings is 1. The molecule has 1 aromatic carbocycles. The molecule has 0 bridgehead atoms. The molecule has 2 aromatic heterocycles. The van der Waals surface area contributed by atoms with E-state index < -0.39 is 0 Å². The zero-order valence-corrected chi connectivity index (χ0v) is 12.3. The Morgan fingerprint density at radius 3 is 2.74 bits per heavy atom. The first-order chi connectivity index (χ1) is 9.13. The van der Waals surface area contributed by atoms with Crippen molar-refractivity contribution in [3.8, 4) is 0 Å². The summed E-state index contributed by atoms with van der Waals surface area (Å²) in [6.07, 6.45) is 0.722. The summed E-state index contributed by atoms with van der Waals surface area (Å²) in [7, 11) is 0. The lowest BCUT2D eigenvalue weighted by Gasteiger charge is -2.05. The normalized spacial score (nSPS) is 11.1. The van der Waals surface area contributed by atoms with Gasteiger partial charge in [-0.2, -0.15) is 0 Å². The van der Waals surface area contributed by atoms with Gasteiger partial charge in [-0.1, -0.05) is 35.9 Å². The van der Waals surface area contributed by atoms with Crippen molar-refractivity contribution in [2.75, 3.05) is 0 Å². The van der Waals surface area contributed by atoms with Crippen molar-refractivity contribution in [3.63, 3.8) is 0 Å². The van der Waals surface area contributed by atoms with E-state index >= 15 is 0 Å². The highest BCUT2D eigenvalue weighted by Crippen LogP contribution is 2.28. The number of thiophene rings is 1. The highest BCUT2D eigenvalue weighted by Gasteiger charge is 2.10. The molecule has 96 valence electrons. The van der Waals surface area contributed by atoms with Crippen LogP contribution in [0.25, 0.3) is 10.2 Å². The number of aryl methyl sites for hydroxylation is 2. The van der Waals surface area contributed by atoms with E-state index in [2.05, 4.69) is 35.9 Å². The Bertz CT molecular complexity index is 749. The molecule has 0 saturated heterocycles. The Balaban J connectivity index is 2.04. The molecule has 0 unspecified atom stereocenters. The van der Waals surface area contributed by atoms with Crippen molar-refractivity contribution in [2.45, 2.75) is 20.3 Å². The van der Waals surface area contributed by atoms with E-state index in [1.165, 1.54) is 16.0 Å². The van der Waals surface area contributed by atoms with Gasteiger partial charge < -0.3 is 0 Å². The second-order valence-electron chi connectivity index (χ2n) is 4.61. The summed E-state index contributed by atoms with van der Waals surface area (Å²) in [5, 5.41) is 1.51. The Morgan fingerprint density at radius 1 is 1.16 bits per heavy atom. The summed E-state index contributed by atoms with van der Waals surface area (Å²) in [5.41, 5.74) is 2.50. The summed E-state index contributed by atoms with van der Waals surface area (Å²) in [4.78, 5) is 11.2. The van der Waals surface area contributed by atoms with Crippen LogP contribution in [-0.4, -0.2) is 9.97 Å². The van der Waals surface area contributed by atoms with Gasteiger partial charge in [0.25, 0.3) is 0 Å². The van der Waals surface area contributed by atoms with Crippen molar-refractivity contribution < 1.29 is 0 Å². The topological polar surface area (TPSA) is 25.8 Å². The number of hydrogen-bond donors (Lipinski definition) is 0. The van der Waals surface area contributed by atoms with Gasteiger partial charge in [0, 0.05) is 16.7 Å². The number of hydrogen-bond acceptors (Lipinski definition) is 3. The number of aromatic nitrogens is 2. The fraction of sp³-hybridized carbons (Fsp3) is 0.200. The lowest BCUT2D eigenvalue weighted by atomic mass is 10.1. The minimum absolute atomic E-state index is 0.554. The maximum Gasteiger partial charge on any atom is 0.141 e. The maximum atomic E-state index is 6.24. The molecule has 0 aliphatic heterocycles. The zero-order valence-electron chi connectivity index (χ0n) is 10.8. The molecular weight excluding hydrogens is 276 g/mol. The fourth-order valence-corrected chi connectivity index (χ4v) is 3.30. The van der Waals surface area contributed by atoms with E-state index in [0.29, 0.717) is 5.15 Å². The van der Waals surface area contributed by atoms with Crippen LogP contribution >= 0.6 is 22.9 Å². The highest BCUT2D eigenvalue weighted by molar-refractivity contribution is 7.18. The van der Waals surface area contributed by atoms with Crippen LogP contribution in [0.1, 0.15) is 21.8 Å². The molecule has 0 aliphatic carbocycles. The molecule has 0 spiro atoms. The molecule has 0 N–H and O–H groups in total. The molecule has 0 fully saturated rings. The largest absolute Gasteiger partial charge is 0.222 e. The molecule has 19 heavy (non-hydrogen) atoms. The van der Waals surface area contributed by atoms with Crippen LogP contribution in [0.3, 0.4) is 0 Å². The van der Waals surface area contributed by atoms with Crippen molar-refractivity contribution in [3.05, 3.63) is 57.3 Å². The molecule has 3 rings (SSSR count). The molecule has 0 amide bonds. The van der Waals surface area contributed by atoms with Crippen molar-refractivity contribution in [1.29, 1.82) is 0 Å². The van der Waals surface area contributed by atoms with Gasteiger partial charge in [-0.05, 0) is 31.0 Å². The second-order valence-corrected chi connectivity index (χ2v) is 6.20. The van der Waals surface area contributed by atoms with Crippen LogP contribution in [0.5, 0.6) is 0 Å². The molecule has 0 aliphatic rings. The summed E-state index contributed by atoms with van der Waals surface area (Å²) in [5.74, 6) is 0.786. The van der Waals surface area contributed by atoms with Gasteiger partial charge in [0.05, 0.1) is 0 Å². The van der Waals surface area contributed by atoms with Gasteiger partial charge in [-0.3, -0.25) is 0 Å². The monoisotopic (exact) mass is 288 g/mol. The third kappa shape index (κ3) is 2.48. The van der Waals surface area contributed by atoms with Gasteiger partial charge in [0.1, 0.15) is 15.8 Å². The summed E-state index contributed by atoms with van der Waals surface area (Å²) in [6, 6.07) is 10.3. The van der Waals surface area contributed by atoms with Gasteiger partial charge in [-0.15, -0.1) is 11.3 Å². The SMILES string of the molecule is Cc1cc2c(Cl)nc(Cc3ccccc3C)nc2s1. The third-order valence-corrected chi connectivity index (χ3v) is 4.36. The molecule has 2 heterocycles. The zero-order chi connectivity index (χ0) is 13.4. The van der Waals surface area contributed by atoms with E-state index in [1.54, 1.807) is 11.3 Å². The first-order valence-electron chi connectivity index (χ1n) is 6.10. The van der Waals surface area contributed by atoms with Crippen LogP contribution in [0.15, 0.2) is 30.3 Å². The van der Waals surface area contributed by atoms with E-state index in [1.807, 2.05) is 18.2 Å². The van der Waals surface area contributed by atoms with Crippen molar-refractivity contribution in [1.82, 2.24) is 9.97 Å². The second kappa shape index (κ2) is 4.91. The molecular formula is C15H13ClN2S. The Kier molecular flexibility index (Phi) is 3.25. The summed E-state index contributed by atoms with van der Waals surface area (Å²) in [6.45, 7) is 4.16. The minimum atomic E-state index is 0.554. The van der Waals surface area contributed by atoms with E-state index in [0.717, 1.165) is 22.5 Å². The molecule has 2 nitrogen and oxygen atoms in total. The van der Waals surface area contributed by atoms with Crippen LogP contribution in [0.4, 0.5) is 0 Å². The van der Waals surface area contributed by atoms with Gasteiger partial charge in [0.2, 0.25) is 0 Å². The van der Waals surface area contributed by atoms with Gasteiger partial charge in [0.15, 0.2) is 0 Å². The average Bonchev–Trinajstić information content (AvgIpc) is 2.73. The lowest BCUT2D eigenvalue weighted by molar-refractivity contribution is 0.988. The van der Waals surface area contributed by atoms with Crippen molar-refractivity contribution in [2.24, 2.45) is 0 Å². The minimum Gasteiger partial charge on any atom is -0.222 e. The molecule has 4 heteroatoms. The number of fused-ring (bicyclic) bond motifs is 1. The third-order valence-electron chi connectivity index (χ3n) is 3.13. The Labute approximate surface area is 121 Å². The van der Waals surface area contributed by atoms with Crippen LogP contribution in [0.2, 0.25) is 5.15 Å². The van der Waals surface area contributed by atoms with E-state index in [4.69, 9.17) is 11.6 Å². The van der Waals surface area contributed by atoms with E-state index in [-0.39, 0.29) is 0 Å². The number of rotatable bonds is 2. The summed E-state index contributed by atoms with van der Waals surface area (Å²) >= 11 is 7.90. The Hall–Kier alpha value is -1.45. The highest BCUT2D eigenvalue weighted by atomic mass is 35.5. The fourth-order valence-electron chi connectivity index (χ4n) is 2.11. The molecule has 0 radical (unpaired) electrons. The lowest BCUT2D eigenvalue weighted by Crippen LogP contribution is -1.98. The standard InChI is InChI=1S/C15H13ClN2S/c1-9-5-3-4-6-11(9)8-13-17-14(16)12-7-10(2)19-15(12)18-13/h3-7H,8H2,1-2H3. The molecule has 3 aromatic rings. The van der Waals surface area contributed by atoms with Crippen LogP contribution < -0.4 is 0 Å². The quantitative estimate of drug-likeness (QED) is 0.646. The van der Waals surface area contributed by atoms with Crippen LogP contribution in [-0.2, 0) is 6.42 Å². The molecule has 0 saturated carbocycles.